The Bertz CT molecular complexity index is 1090. The zero-order chi connectivity index (χ0) is 21.4. The van der Waals surface area contributed by atoms with Gasteiger partial charge in [-0.3, -0.25) is 9.78 Å². The van der Waals surface area contributed by atoms with Crippen molar-refractivity contribution in [2.45, 2.75) is 37.5 Å². The van der Waals surface area contributed by atoms with Crippen LogP contribution >= 0.6 is 0 Å². The molecule has 3 aromatic rings. The fourth-order valence-electron chi connectivity index (χ4n) is 4.39. The van der Waals surface area contributed by atoms with Crippen LogP contribution in [-0.4, -0.2) is 39.0 Å². The fourth-order valence-corrected chi connectivity index (χ4v) is 4.39. The Labute approximate surface area is 178 Å². The maximum Gasteiger partial charge on any atom is 0.259 e. The molecule has 1 amide bonds. The molecular formula is C23H22F2N4O2. The van der Waals surface area contributed by atoms with Gasteiger partial charge in [0.2, 0.25) is 0 Å². The summed E-state index contributed by atoms with van der Waals surface area (Å²) in [6, 6.07) is 6.97. The molecule has 2 aromatic heterocycles. The smallest absolute Gasteiger partial charge is 0.259 e. The van der Waals surface area contributed by atoms with Crippen LogP contribution in [0.3, 0.4) is 0 Å². The van der Waals surface area contributed by atoms with Gasteiger partial charge in [-0.25, -0.2) is 8.78 Å². The number of likely N-dealkylation sites (tertiary alicyclic amines) is 1. The Balaban J connectivity index is 1.35. The summed E-state index contributed by atoms with van der Waals surface area (Å²) in [6.07, 6.45) is 8.14. The van der Waals surface area contributed by atoms with Gasteiger partial charge in [0, 0.05) is 36.5 Å². The third kappa shape index (κ3) is 3.94. The van der Waals surface area contributed by atoms with Crippen LogP contribution in [0.25, 0.3) is 11.5 Å². The Morgan fingerprint density at radius 3 is 2.65 bits per heavy atom. The average Bonchev–Trinajstić information content (AvgIpc) is 3.46. The number of halogens is 2. The minimum atomic E-state index is -1.01. The van der Waals surface area contributed by atoms with Crippen LogP contribution in [0.2, 0.25) is 0 Å². The first-order valence-corrected chi connectivity index (χ1v) is 10.5. The first-order valence-electron chi connectivity index (χ1n) is 10.5. The molecule has 0 radical (unpaired) electrons. The first-order chi connectivity index (χ1) is 15.0. The number of carbonyl (C=O) groups excluding carboxylic acids is 1. The molecule has 1 saturated heterocycles. The monoisotopic (exact) mass is 424 g/mol. The molecule has 31 heavy (non-hydrogen) atoms. The van der Waals surface area contributed by atoms with Gasteiger partial charge in [0.15, 0.2) is 17.5 Å². The van der Waals surface area contributed by atoms with E-state index in [1.807, 2.05) is 12.1 Å². The third-order valence-electron chi connectivity index (χ3n) is 6.36. The van der Waals surface area contributed by atoms with Gasteiger partial charge in [0.05, 0.1) is 5.56 Å². The van der Waals surface area contributed by atoms with Crippen molar-refractivity contribution < 1.29 is 18.1 Å². The molecule has 8 heteroatoms. The second-order valence-electron chi connectivity index (χ2n) is 8.51. The number of hydrogen-bond donors (Lipinski definition) is 0. The predicted octanol–water partition coefficient (Wildman–Crippen LogP) is 4.38. The van der Waals surface area contributed by atoms with E-state index in [0.717, 1.165) is 24.1 Å². The maximum absolute atomic E-state index is 13.6. The molecule has 0 atom stereocenters. The fraction of sp³-hybridized carbons (Fsp3) is 0.391. The molecular weight excluding hydrogens is 402 g/mol. The second kappa shape index (κ2) is 7.83. The molecule has 160 valence electrons. The summed E-state index contributed by atoms with van der Waals surface area (Å²) in [5.41, 5.74) is 0.677. The lowest BCUT2D eigenvalue weighted by molar-refractivity contribution is 0.0645. The molecule has 1 aliphatic carbocycles. The topological polar surface area (TPSA) is 72.1 Å². The Kier molecular flexibility index (Phi) is 5.00. The average molecular weight is 424 g/mol. The lowest BCUT2D eigenvalue weighted by atomic mass is 9.73. The van der Waals surface area contributed by atoms with Crippen molar-refractivity contribution >= 4 is 5.91 Å². The number of amides is 1. The minimum absolute atomic E-state index is 0.159. The van der Waals surface area contributed by atoms with Gasteiger partial charge in [-0.2, -0.15) is 4.98 Å². The van der Waals surface area contributed by atoms with Crippen molar-refractivity contribution in [3.05, 3.63) is 65.7 Å². The van der Waals surface area contributed by atoms with Crippen molar-refractivity contribution in [1.82, 2.24) is 20.0 Å². The maximum atomic E-state index is 13.6. The molecule has 1 aromatic carbocycles. The second-order valence-corrected chi connectivity index (χ2v) is 8.51. The summed E-state index contributed by atoms with van der Waals surface area (Å²) in [5, 5.41) is 4.31. The number of aromatic nitrogens is 3. The van der Waals surface area contributed by atoms with E-state index >= 15 is 0 Å². The van der Waals surface area contributed by atoms with Gasteiger partial charge in [-0.1, -0.05) is 18.0 Å². The van der Waals surface area contributed by atoms with E-state index in [4.69, 9.17) is 9.51 Å². The van der Waals surface area contributed by atoms with Crippen molar-refractivity contribution in [2.75, 3.05) is 13.1 Å². The van der Waals surface area contributed by atoms with Gasteiger partial charge in [-0.15, -0.1) is 0 Å². The Morgan fingerprint density at radius 2 is 1.97 bits per heavy atom. The van der Waals surface area contributed by atoms with Crippen molar-refractivity contribution in [2.24, 2.45) is 5.92 Å². The van der Waals surface area contributed by atoms with Crippen LogP contribution in [-0.2, 0) is 5.41 Å². The molecule has 3 heterocycles. The molecule has 5 rings (SSSR count). The highest BCUT2D eigenvalue weighted by atomic mass is 19.2. The van der Waals surface area contributed by atoms with E-state index in [2.05, 4.69) is 10.1 Å². The van der Waals surface area contributed by atoms with E-state index in [1.54, 1.807) is 17.3 Å². The van der Waals surface area contributed by atoms with Crippen molar-refractivity contribution in [3.63, 3.8) is 0 Å². The molecule has 0 unspecified atom stereocenters. The van der Waals surface area contributed by atoms with Gasteiger partial charge < -0.3 is 9.42 Å². The van der Waals surface area contributed by atoms with Crippen LogP contribution in [0.1, 0.15) is 48.3 Å². The van der Waals surface area contributed by atoms with Crippen LogP contribution in [0, 0.1) is 17.6 Å². The van der Waals surface area contributed by atoms with Gasteiger partial charge in [0.25, 0.3) is 11.8 Å². The molecule has 0 bridgehead atoms. The van der Waals surface area contributed by atoms with Crippen LogP contribution in [0.4, 0.5) is 8.78 Å². The SMILES string of the molecule is O=C(c1ccc(F)c(F)c1)N1CCC(CC2CC2)(c2noc(-c3cccnc3)n2)CC1. The van der Waals surface area contributed by atoms with Crippen molar-refractivity contribution in [1.29, 1.82) is 0 Å². The zero-order valence-corrected chi connectivity index (χ0v) is 16.9. The lowest BCUT2D eigenvalue weighted by Crippen LogP contribution is -2.46. The summed E-state index contributed by atoms with van der Waals surface area (Å²) in [7, 11) is 0. The number of rotatable bonds is 5. The number of hydrogen-bond acceptors (Lipinski definition) is 5. The molecule has 0 spiro atoms. The summed E-state index contributed by atoms with van der Waals surface area (Å²) < 4.78 is 32.3. The van der Waals surface area contributed by atoms with Crippen LogP contribution < -0.4 is 0 Å². The normalized spacial score (nSPS) is 18.2. The van der Waals surface area contributed by atoms with Crippen LogP contribution in [0.15, 0.2) is 47.2 Å². The highest BCUT2D eigenvalue weighted by molar-refractivity contribution is 5.94. The third-order valence-corrected chi connectivity index (χ3v) is 6.36. The molecule has 2 fully saturated rings. The largest absolute Gasteiger partial charge is 0.339 e. The minimum Gasteiger partial charge on any atom is -0.339 e. The van der Waals surface area contributed by atoms with Gasteiger partial charge in [-0.05, 0) is 55.5 Å². The number of nitrogens with zero attached hydrogens (tertiary/aromatic N) is 4. The molecule has 0 N–H and O–H groups in total. The number of pyridine rings is 1. The summed E-state index contributed by atoms with van der Waals surface area (Å²) in [5.74, 6) is -0.491. The number of carbonyl (C=O) groups is 1. The molecule has 6 nitrogen and oxygen atoms in total. The zero-order valence-electron chi connectivity index (χ0n) is 16.9. The summed E-state index contributed by atoms with van der Waals surface area (Å²) in [6.45, 7) is 1.00. The number of piperidine rings is 1. The van der Waals surface area contributed by atoms with E-state index < -0.39 is 11.6 Å². The van der Waals surface area contributed by atoms with Gasteiger partial charge in [0.1, 0.15) is 0 Å². The summed E-state index contributed by atoms with van der Waals surface area (Å²) in [4.78, 5) is 23.3. The molecule has 2 aliphatic rings. The van der Waals surface area contributed by atoms with Crippen LogP contribution in [0.5, 0.6) is 0 Å². The molecule has 1 saturated carbocycles. The van der Waals surface area contributed by atoms with E-state index in [1.165, 1.54) is 18.9 Å². The predicted molar refractivity (Wildman–Crippen MR) is 108 cm³/mol. The number of benzene rings is 1. The molecule has 1 aliphatic heterocycles. The summed E-state index contributed by atoms with van der Waals surface area (Å²) >= 11 is 0. The standard InChI is InChI=1S/C23H22F2N4O2/c24-18-6-5-16(12-19(18)25)21(30)29-10-7-23(8-11-29,13-15-3-4-15)22-27-20(31-28-22)17-2-1-9-26-14-17/h1-2,5-6,9,12,14-15H,3-4,7-8,10-11,13H2. The Hall–Kier alpha value is -3.16. The lowest BCUT2D eigenvalue weighted by Gasteiger charge is -2.40. The van der Waals surface area contributed by atoms with E-state index in [-0.39, 0.29) is 16.9 Å². The van der Waals surface area contributed by atoms with Gasteiger partial charge >= 0.3 is 0 Å². The van der Waals surface area contributed by atoms with Crippen molar-refractivity contribution in [3.8, 4) is 11.5 Å². The quantitative estimate of drug-likeness (QED) is 0.608. The van der Waals surface area contributed by atoms with E-state index in [0.29, 0.717) is 43.6 Å². The highest BCUT2D eigenvalue weighted by Gasteiger charge is 2.45. The highest BCUT2D eigenvalue weighted by Crippen LogP contribution is 2.47. The first kappa shape index (κ1) is 19.8. The Morgan fingerprint density at radius 1 is 1.16 bits per heavy atom. The van der Waals surface area contributed by atoms with E-state index in [9.17, 15) is 13.6 Å².